The van der Waals surface area contributed by atoms with Gasteiger partial charge < -0.3 is 10.1 Å². The fourth-order valence-corrected chi connectivity index (χ4v) is 6.15. The predicted octanol–water partition coefficient (Wildman–Crippen LogP) is 5.88. The van der Waals surface area contributed by atoms with Crippen LogP contribution in [0.4, 0.5) is 17.1 Å². The maximum absolute atomic E-state index is 13.1. The number of nitrogens with zero attached hydrogens (tertiary/aromatic N) is 1. The largest absolute Gasteiger partial charge is 0.497 e. The van der Waals surface area contributed by atoms with E-state index in [0.29, 0.717) is 22.0 Å². The molecule has 5 rings (SSSR count). The molecule has 0 unspecified atom stereocenters. The zero-order valence-corrected chi connectivity index (χ0v) is 20.2. The van der Waals surface area contributed by atoms with Crippen LogP contribution in [-0.2, 0) is 10.0 Å². The van der Waals surface area contributed by atoms with E-state index in [9.17, 15) is 18.5 Å². The quantitative estimate of drug-likeness (QED) is 0.243. The summed E-state index contributed by atoms with van der Waals surface area (Å²) in [5.74, 6) is 0.523. The Morgan fingerprint density at radius 3 is 2.71 bits per heavy atom. The van der Waals surface area contributed by atoms with E-state index < -0.39 is 14.9 Å². The van der Waals surface area contributed by atoms with Crippen LogP contribution >= 0.6 is 11.6 Å². The van der Waals surface area contributed by atoms with E-state index in [-0.39, 0.29) is 28.5 Å². The van der Waals surface area contributed by atoms with E-state index in [1.165, 1.54) is 19.2 Å². The molecule has 2 aliphatic rings. The van der Waals surface area contributed by atoms with Crippen LogP contribution in [-0.4, -0.2) is 20.5 Å². The van der Waals surface area contributed by atoms with Gasteiger partial charge in [0.05, 0.1) is 28.7 Å². The van der Waals surface area contributed by atoms with E-state index in [2.05, 4.69) is 22.2 Å². The Morgan fingerprint density at radius 1 is 1.11 bits per heavy atom. The zero-order valence-electron chi connectivity index (χ0n) is 18.6. The number of nitrogens with one attached hydrogen (secondary N) is 2. The first-order valence-corrected chi connectivity index (χ1v) is 12.8. The average molecular weight is 512 g/mol. The molecule has 0 aromatic heterocycles. The Kier molecular flexibility index (Phi) is 5.90. The van der Waals surface area contributed by atoms with Gasteiger partial charge in [0.15, 0.2) is 0 Å². The molecule has 1 heterocycles. The van der Waals surface area contributed by atoms with Crippen LogP contribution in [0.25, 0.3) is 0 Å². The lowest BCUT2D eigenvalue weighted by atomic mass is 9.77. The van der Waals surface area contributed by atoms with Crippen LogP contribution in [0.1, 0.15) is 29.5 Å². The minimum Gasteiger partial charge on any atom is -0.497 e. The van der Waals surface area contributed by atoms with E-state index in [0.717, 1.165) is 17.7 Å². The standard InChI is InChI=1S/C25H22ClN3O5S/c1-34-17-5-2-4-15(12-17)28-35(32,33)18-9-11-24-21(14-18)19-6-3-7-20(19)25(27-24)22-13-16(29(30)31)8-10-23(22)26/h2-6,8-14,19-20,25,27-28H,7H2,1H3/t19-,20+,25-/m0/s1. The SMILES string of the molecule is COc1cccc(NS(=O)(=O)c2ccc3c(c2)[C@H]2C=CC[C@H]2[C@@H](c2cc([N+](=O)[O-])ccc2Cl)N3)c1. The average Bonchev–Trinajstić information content (AvgIpc) is 3.34. The Balaban J connectivity index is 1.50. The number of nitro groups is 1. The number of ether oxygens (including phenoxy) is 1. The topological polar surface area (TPSA) is 111 Å². The van der Waals surface area contributed by atoms with Crippen LogP contribution in [0.15, 0.2) is 77.7 Å². The molecule has 1 aliphatic carbocycles. The molecule has 1 aliphatic heterocycles. The van der Waals surface area contributed by atoms with Gasteiger partial charge in [-0.25, -0.2) is 8.42 Å². The summed E-state index contributed by atoms with van der Waals surface area (Å²) in [4.78, 5) is 11.0. The lowest BCUT2D eigenvalue weighted by Crippen LogP contribution is -2.29. The highest BCUT2D eigenvalue weighted by atomic mass is 35.5. The van der Waals surface area contributed by atoms with E-state index in [1.54, 1.807) is 48.5 Å². The summed E-state index contributed by atoms with van der Waals surface area (Å²) < 4.78 is 34.1. The minimum atomic E-state index is -3.84. The van der Waals surface area contributed by atoms with Gasteiger partial charge in [0.1, 0.15) is 5.75 Å². The number of allylic oxidation sites excluding steroid dienone is 2. The molecular weight excluding hydrogens is 490 g/mol. The first-order valence-electron chi connectivity index (χ1n) is 10.9. The number of benzene rings is 3. The van der Waals surface area contributed by atoms with Crippen LogP contribution in [0.3, 0.4) is 0 Å². The number of hydrogen-bond donors (Lipinski definition) is 2. The normalized spacial score (nSPS) is 20.5. The smallest absolute Gasteiger partial charge is 0.269 e. The molecule has 3 atom stereocenters. The number of hydrogen-bond acceptors (Lipinski definition) is 6. The van der Waals surface area contributed by atoms with Crippen LogP contribution in [0.2, 0.25) is 5.02 Å². The Hall–Kier alpha value is -3.56. The molecule has 2 N–H and O–H groups in total. The zero-order chi connectivity index (χ0) is 24.7. The van der Waals surface area contributed by atoms with Crippen molar-refractivity contribution in [3.05, 3.63) is 99.1 Å². The first kappa shape index (κ1) is 23.2. The number of methoxy groups -OCH3 is 1. The Morgan fingerprint density at radius 2 is 1.94 bits per heavy atom. The van der Waals surface area contributed by atoms with Crippen molar-refractivity contribution >= 4 is 38.7 Å². The molecule has 35 heavy (non-hydrogen) atoms. The van der Waals surface area contributed by atoms with Crippen molar-refractivity contribution in [1.29, 1.82) is 0 Å². The molecule has 0 saturated heterocycles. The number of sulfonamides is 1. The van der Waals surface area contributed by atoms with Gasteiger partial charge in [-0.05, 0) is 54.3 Å². The fourth-order valence-electron chi connectivity index (χ4n) is 4.83. The number of fused-ring (bicyclic) bond motifs is 3. The summed E-state index contributed by atoms with van der Waals surface area (Å²) in [7, 11) is -2.32. The molecule has 10 heteroatoms. The number of anilines is 2. The Bertz CT molecular complexity index is 1460. The molecule has 3 aromatic rings. The molecule has 0 saturated carbocycles. The second-order valence-electron chi connectivity index (χ2n) is 8.52. The van der Waals surface area contributed by atoms with E-state index in [1.807, 2.05) is 0 Å². The first-order chi connectivity index (χ1) is 16.8. The Labute approximate surface area is 207 Å². The van der Waals surface area contributed by atoms with Crippen LogP contribution in [0, 0.1) is 16.0 Å². The van der Waals surface area contributed by atoms with Gasteiger partial charge >= 0.3 is 0 Å². The van der Waals surface area contributed by atoms with E-state index in [4.69, 9.17) is 16.3 Å². The predicted molar refractivity (Wildman–Crippen MR) is 135 cm³/mol. The molecule has 0 fully saturated rings. The summed E-state index contributed by atoms with van der Waals surface area (Å²) in [5.41, 5.74) is 2.66. The summed E-state index contributed by atoms with van der Waals surface area (Å²) in [5, 5.41) is 15.2. The second-order valence-corrected chi connectivity index (χ2v) is 10.6. The minimum absolute atomic E-state index is 0.0236. The maximum Gasteiger partial charge on any atom is 0.269 e. The van der Waals surface area contributed by atoms with Crippen LogP contribution < -0.4 is 14.8 Å². The molecule has 0 spiro atoms. The van der Waals surface area contributed by atoms with Gasteiger partial charge in [0.25, 0.3) is 15.7 Å². The summed E-state index contributed by atoms with van der Waals surface area (Å²) in [6.45, 7) is 0. The van der Waals surface area contributed by atoms with Gasteiger partial charge in [-0.2, -0.15) is 0 Å². The van der Waals surface area contributed by atoms with Gasteiger partial charge in [-0.15, -0.1) is 0 Å². The highest BCUT2D eigenvalue weighted by molar-refractivity contribution is 7.92. The number of non-ortho nitro benzene ring substituents is 1. The number of nitro benzene ring substituents is 1. The van der Waals surface area contributed by atoms with Crippen molar-refractivity contribution in [3.63, 3.8) is 0 Å². The molecule has 180 valence electrons. The summed E-state index contributed by atoms with van der Waals surface area (Å²) >= 11 is 6.46. The lowest BCUT2D eigenvalue weighted by Gasteiger charge is -2.38. The van der Waals surface area contributed by atoms with Crippen molar-refractivity contribution in [3.8, 4) is 5.75 Å². The number of rotatable bonds is 6. The van der Waals surface area contributed by atoms with Crippen molar-refractivity contribution in [1.82, 2.24) is 0 Å². The van der Waals surface area contributed by atoms with Gasteiger partial charge in [-0.1, -0.05) is 29.8 Å². The highest BCUT2D eigenvalue weighted by Gasteiger charge is 2.39. The highest BCUT2D eigenvalue weighted by Crippen LogP contribution is 2.51. The molecule has 0 radical (unpaired) electrons. The van der Waals surface area contributed by atoms with Gasteiger partial charge in [0.2, 0.25) is 0 Å². The molecule has 0 amide bonds. The molecule has 0 bridgehead atoms. The lowest BCUT2D eigenvalue weighted by molar-refractivity contribution is -0.384. The van der Waals surface area contributed by atoms with Gasteiger partial charge in [-0.3, -0.25) is 14.8 Å². The van der Waals surface area contributed by atoms with Crippen molar-refractivity contribution in [2.45, 2.75) is 23.3 Å². The summed E-state index contributed by atoms with van der Waals surface area (Å²) in [6, 6.07) is 15.9. The maximum atomic E-state index is 13.1. The fraction of sp³-hybridized carbons (Fsp3) is 0.200. The third-order valence-corrected chi connectivity index (χ3v) is 8.22. The van der Waals surface area contributed by atoms with Crippen molar-refractivity contribution < 1.29 is 18.1 Å². The van der Waals surface area contributed by atoms with Gasteiger partial charge in [0, 0.05) is 40.4 Å². The third-order valence-electron chi connectivity index (χ3n) is 6.49. The van der Waals surface area contributed by atoms with Crippen molar-refractivity contribution in [2.75, 3.05) is 17.1 Å². The summed E-state index contributed by atoms with van der Waals surface area (Å²) in [6.07, 6.45) is 4.86. The number of halogens is 1. The monoisotopic (exact) mass is 511 g/mol. The third kappa shape index (κ3) is 4.33. The molecule has 8 nitrogen and oxygen atoms in total. The second kappa shape index (κ2) is 8.90. The van der Waals surface area contributed by atoms with Crippen LogP contribution in [0.5, 0.6) is 5.75 Å². The van der Waals surface area contributed by atoms with E-state index >= 15 is 0 Å². The molecular formula is C25H22ClN3O5S. The van der Waals surface area contributed by atoms with Crippen molar-refractivity contribution in [2.24, 2.45) is 5.92 Å². The molecule has 3 aromatic carbocycles.